The van der Waals surface area contributed by atoms with Gasteiger partial charge in [0.25, 0.3) is 0 Å². The first-order valence-electron chi connectivity index (χ1n) is 10.4. The summed E-state index contributed by atoms with van der Waals surface area (Å²) in [6.45, 7) is 6.30. The van der Waals surface area contributed by atoms with Crippen LogP contribution < -0.4 is 0 Å². The fraction of sp³-hybridized carbons (Fsp3) is 0.818. The fourth-order valence-corrected chi connectivity index (χ4v) is 7.28. The van der Waals surface area contributed by atoms with Crippen LogP contribution in [0.25, 0.3) is 0 Å². The Hall–Kier alpha value is -1.20. The highest BCUT2D eigenvalue weighted by Crippen LogP contribution is 2.65. The molecule has 4 rings (SSSR count). The van der Waals surface area contributed by atoms with E-state index in [2.05, 4.69) is 25.1 Å². The highest BCUT2D eigenvalue weighted by Gasteiger charge is 2.60. The first kappa shape index (κ1) is 19.1. The standard InChI is InChI=1S/C22H33NO4/c1-12(24)14-5-6-15-13-9-18(23-27-4)17-10-19(25)20(26)11-22(17,3)16(13)7-8-21(14,15)2/h9,14-17,19-20,25-26H,5-8,10-11H2,1-4H3/b23-18+. The van der Waals surface area contributed by atoms with Crippen LogP contribution in [-0.4, -0.2) is 41.0 Å². The predicted molar refractivity (Wildman–Crippen MR) is 103 cm³/mol. The van der Waals surface area contributed by atoms with E-state index in [1.165, 1.54) is 5.57 Å². The maximum absolute atomic E-state index is 12.3. The largest absolute Gasteiger partial charge is 0.399 e. The number of oxime groups is 1. The van der Waals surface area contributed by atoms with Crippen LogP contribution in [0.2, 0.25) is 0 Å². The molecule has 150 valence electrons. The van der Waals surface area contributed by atoms with Gasteiger partial charge in [-0.1, -0.05) is 24.6 Å². The molecule has 0 heterocycles. The van der Waals surface area contributed by atoms with Gasteiger partial charge in [0.1, 0.15) is 12.9 Å². The summed E-state index contributed by atoms with van der Waals surface area (Å²) in [5.74, 6) is 1.34. The Bertz CT molecular complexity index is 700. The van der Waals surface area contributed by atoms with Crippen molar-refractivity contribution < 1.29 is 19.8 Å². The van der Waals surface area contributed by atoms with E-state index in [1.807, 2.05) is 0 Å². The van der Waals surface area contributed by atoms with Crippen molar-refractivity contribution in [1.29, 1.82) is 0 Å². The zero-order chi connectivity index (χ0) is 19.6. The normalized spacial score (nSPS) is 50.4. The Balaban J connectivity index is 1.79. The van der Waals surface area contributed by atoms with Crippen molar-refractivity contribution in [2.75, 3.05) is 7.11 Å². The van der Waals surface area contributed by atoms with E-state index in [0.717, 1.165) is 31.4 Å². The number of hydrogen-bond acceptors (Lipinski definition) is 5. The van der Waals surface area contributed by atoms with Crippen molar-refractivity contribution in [3.05, 3.63) is 11.6 Å². The average Bonchev–Trinajstić information content (AvgIpc) is 2.95. The molecule has 5 heteroatoms. The molecule has 4 aliphatic carbocycles. The third kappa shape index (κ3) is 2.65. The summed E-state index contributed by atoms with van der Waals surface area (Å²) in [6, 6.07) is 0. The van der Waals surface area contributed by atoms with Crippen LogP contribution >= 0.6 is 0 Å². The van der Waals surface area contributed by atoms with Crippen LogP contribution in [0.3, 0.4) is 0 Å². The number of hydrogen-bond donors (Lipinski definition) is 2. The second-order valence-electron chi connectivity index (χ2n) is 9.87. The third-order valence-corrected chi connectivity index (χ3v) is 8.63. The molecule has 3 saturated carbocycles. The minimum absolute atomic E-state index is 0.0301. The van der Waals surface area contributed by atoms with Gasteiger partial charge in [-0.3, -0.25) is 4.79 Å². The zero-order valence-corrected chi connectivity index (χ0v) is 16.9. The topological polar surface area (TPSA) is 79.1 Å². The van der Waals surface area contributed by atoms with Gasteiger partial charge >= 0.3 is 0 Å². The molecule has 2 N–H and O–H groups in total. The van der Waals surface area contributed by atoms with Crippen molar-refractivity contribution in [1.82, 2.24) is 0 Å². The number of aliphatic hydroxyl groups excluding tert-OH is 2. The third-order valence-electron chi connectivity index (χ3n) is 8.63. The Labute approximate surface area is 161 Å². The van der Waals surface area contributed by atoms with Crippen molar-refractivity contribution >= 4 is 11.5 Å². The van der Waals surface area contributed by atoms with Crippen LogP contribution in [0.4, 0.5) is 0 Å². The van der Waals surface area contributed by atoms with Gasteiger partial charge in [0.05, 0.1) is 17.9 Å². The number of carbonyl (C=O) groups excluding carboxylic acids is 1. The number of rotatable bonds is 2. The van der Waals surface area contributed by atoms with Crippen LogP contribution in [-0.2, 0) is 9.63 Å². The predicted octanol–water partition coefficient (Wildman–Crippen LogP) is 3.10. The maximum Gasteiger partial charge on any atom is 0.133 e. The van der Waals surface area contributed by atoms with Crippen molar-refractivity contribution in [3.8, 4) is 0 Å². The van der Waals surface area contributed by atoms with Crippen molar-refractivity contribution in [2.24, 2.45) is 39.7 Å². The van der Waals surface area contributed by atoms with E-state index in [1.54, 1.807) is 14.0 Å². The molecule has 0 bridgehead atoms. The molecular formula is C22H33NO4. The molecule has 0 saturated heterocycles. The lowest BCUT2D eigenvalue weighted by atomic mass is 9.47. The van der Waals surface area contributed by atoms with Gasteiger partial charge in [0, 0.05) is 11.8 Å². The van der Waals surface area contributed by atoms with Gasteiger partial charge in [-0.05, 0) is 74.2 Å². The highest BCUT2D eigenvalue weighted by molar-refractivity contribution is 5.99. The number of allylic oxidation sites excluding steroid dienone is 2. The SMILES string of the molecule is CO/N=C1\C=C2C3CCC(C(C)=O)C3(C)CCC2C2(C)CC(O)C(O)CC12. The van der Waals surface area contributed by atoms with Gasteiger partial charge in [0.2, 0.25) is 0 Å². The lowest BCUT2D eigenvalue weighted by Crippen LogP contribution is -2.56. The van der Waals surface area contributed by atoms with Crippen LogP contribution in [0.1, 0.15) is 59.3 Å². The number of Topliss-reactive ketones (excluding diaryl/α,β-unsaturated/α-hetero) is 1. The molecule has 0 aromatic carbocycles. The average molecular weight is 376 g/mol. The lowest BCUT2D eigenvalue weighted by molar-refractivity contribution is -0.125. The quantitative estimate of drug-likeness (QED) is 0.727. The van der Waals surface area contributed by atoms with Crippen LogP contribution in [0.15, 0.2) is 16.8 Å². The molecule has 3 fully saturated rings. The monoisotopic (exact) mass is 375 g/mol. The molecule has 0 radical (unpaired) electrons. The molecule has 0 aromatic rings. The Morgan fingerprint density at radius 3 is 2.48 bits per heavy atom. The number of aliphatic hydroxyl groups is 2. The van der Waals surface area contributed by atoms with Gasteiger partial charge in [-0.2, -0.15) is 0 Å². The second-order valence-corrected chi connectivity index (χ2v) is 9.87. The Morgan fingerprint density at radius 2 is 1.81 bits per heavy atom. The summed E-state index contributed by atoms with van der Waals surface area (Å²) in [5, 5.41) is 25.1. The number of nitrogens with zero attached hydrogens (tertiary/aromatic N) is 1. The van der Waals surface area contributed by atoms with E-state index < -0.39 is 12.2 Å². The smallest absolute Gasteiger partial charge is 0.133 e. The van der Waals surface area contributed by atoms with E-state index in [0.29, 0.717) is 30.5 Å². The molecule has 0 aromatic heterocycles. The van der Waals surface area contributed by atoms with Gasteiger partial charge in [0.15, 0.2) is 0 Å². The summed E-state index contributed by atoms with van der Waals surface area (Å²) < 4.78 is 0. The van der Waals surface area contributed by atoms with E-state index in [9.17, 15) is 15.0 Å². The van der Waals surface area contributed by atoms with Crippen molar-refractivity contribution in [3.63, 3.8) is 0 Å². The summed E-state index contributed by atoms with van der Waals surface area (Å²) in [6.07, 6.45) is 6.06. The molecule has 4 aliphatic rings. The van der Waals surface area contributed by atoms with Gasteiger partial charge < -0.3 is 15.1 Å². The van der Waals surface area contributed by atoms with Gasteiger partial charge in [-0.15, -0.1) is 0 Å². The zero-order valence-electron chi connectivity index (χ0n) is 16.9. The van der Waals surface area contributed by atoms with E-state index >= 15 is 0 Å². The highest BCUT2D eigenvalue weighted by atomic mass is 16.6. The molecule has 8 atom stereocenters. The van der Waals surface area contributed by atoms with Crippen LogP contribution in [0, 0.1) is 34.5 Å². The Kier molecular flexibility index (Phi) is 4.54. The molecule has 27 heavy (non-hydrogen) atoms. The minimum atomic E-state index is -0.706. The first-order valence-corrected chi connectivity index (χ1v) is 10.4. The van der Waals surface area contributed by atoms with Gasteiger partial charge in [-0.25, -0.2) is 0 Å². The lowest BCUT2D eigenvalue weighted by Gasteiger charge is -2.57. The van der Waals surface area contributed by atoms with Crippen molar-refractivity contribution in [2.45, 2.75) is 71.5 Å². The fourth-order valence-electron chi connectivity index (χ4n) is 7.28. The van der Waals surface area contributed by atoms with E-state index in [4.69, 9.17) is 4.84 Å². The van der Waals surface area contributed by atoms with Crippen LogP contribution in [0.5, 0.6) is 0 Å². The number of fused-ring (bicyclic) bond motifs is 5. The minimum Gasteiger partial charge on any atom is -0.399 e. The molecule has 5 nitrogen and oxygen atoms in total. The Morgan fingerprint density at radius 1 is 1.11 bits per heavy atom. The number of carbonyl (C=O) groups is 1. The summed E-state index contributed by atoms with van der Waals surface area (Å²) >= 11 is 0. The first-order chi connectivity index (χ1) is 12.7. The summed E-state index contributed by atoms with van der Waals surface area (Å²) in [5.41, 5.74) is 2.20. The summed E-state index contributed by atoms with van der Waals surface area (Å²) in [7, 11) is 1.56. The molecule has 0 amide bonds. The molecule has 0 aliphatic heterocycles. The van der Waals surface area contributed by atoms with E-state index in [-0.39, 0.29) is 22.7 Å². The molecule has 8 unspecified atom stereocenters. The number of ketones is 1. The second kappa shape index (κ2) is 6.41. The maximum atomic E-state index is 12.3. The summed E-state index contributed by atoms with van der Waals surface area (Å²) in [4.78, 5) is 17.4. The molecule has 0 spiro atoms. The molecular weight excluding hydrogens is 342 g/mol.